The predicted octanol–water partition coefficient (Wildman–Crippen LogP) is 2.32. The number of nitrogens with zero attached hydrogens (tertiary/aromatic N) is 4. The number of carboxylic acids is 1. The lowest BCUT2D eigenvalue weighted by atomic mass is 9.74. The third kappa shape index (κ3) is 2.70. The average Bonchev–Trinajstić information content (AvgIpc) is 3.28. The van der Waals surface area contributed by atoms with Gasteiger partial charge in [-0.25, -0.2) is 9.97 Å². The molecule has 4 heterocycles. The number of ether oxygens (including phenoxy) is 1. The number of hydrogen-bond donors (Lipinski definition) is 1. The summed E-state index contributed by atoms with van der Waals surface area (Å²) in [5.74, 6) is -0.0214. The van der Waals surface area contributed by atoms with E-state index in [4.69, 9.17) is 9.72 Å². The molecule has 1 N–H and O–H groups in total. The van der Waals surface area contributed by atoms with Gasteiger partial charge in [-0.3, -0.25) is 14.1 Å². The Balaban J connectivity index is 1.53. The van der Waals surface area contributed by atoms with Crippen molar-refractivity contribution >= 4 is 11.7 Å². The molecule has 0 amide bonds. The van der Waals surface area contributed by atoms with Crippen LogP contribution in [-0.2, 0) is 16.1 Å². The Bertz CT molecular complexity index is 1020. The maximum Gasteiger partial charge on any atom is 0.311 e. The molecule has 2 fully saturated rings. The quantitative estimate of drug-likeness (QED) is 0.751. The lowest BCUT2D eigenvalue weighted by Gasteiger charge is -2.34. The van der Waals surface area contributed by atoms with Crippen LogP contribution in [0.3, 0.4) is 0 Å². The summed E-state index contributed by atoms with van der Waals surface area (Å²) in [7, 11) is 0. The fourth-order valence-corrected chi connectivity index (χ4v) is 4.65. The molecule has 0 saturated carbocycles. The number of rotatable bonds is 4. The van der Waals surface area contributed by atoms with Gasteiger partial charge in [0.15, 0.2) is 0 Å². The summed E-state index contributed by atoms with van der Waals surface area (Å²) in [6.45, 7) is 2.92. The lowest BCUT2D eigenvalue weighted by Crippen LogP contribution is -2.44. The molecule has 0 radical (unpaired) electrons. The first-order valence-corrected chi connectivity index (χ1v) is 9.58. The third-order valence-electron chi connectivity index (χ3n) is 6.13. The van der Waals surface area contributed by atoms with Crippen molar-refractivity contribution in [2.45, 2.75) is 13.0 Å². The van der Waals surface area contributed by atoms with Crippen molar-refractivity contribution in [3.8, 4) is 11.3 Å². The van der Waals surface area contributed by atoms with E-state index in [1.807, 2.05) is 47.0 Å². The Labute approximate surface area is 162 Å². The van der Waals surface area contributed by atoms with Crippen molar-refractivity contribution in [3.63, 3.8) is 0 Å². The number of hydrogen-bond acceptors (Lipinski definition) is 5. The molecular weight excluding hydrogens is 356 g/mol. The minimum Gasteiger partial charge on any atom is -0.481 e. The zero-order valence-corrected chi connectivity index (χ0v) is 15.5. The van der Waals surface area contributed by atoms with Gasteiger partial charge in [0.25, 0.3) is 0 Å². The average molecular weight is 378 g/mol. The van der Waals surface area contributed by atoms with Crippen LogP contribution in [0.5, 0.6) is 0 Å². The molecular formula is C21H22N4O3. The number of aliphatic carboxylic acids is 1. The summed E-state index contributed by atoms with van der Waals surface area (Å²) in [6, 6.07) is 12.0. The highest BCUT2D eigenvalue weighted by molar-refractivity contribution is 5.76. The molecule has 2 aliphatic rings. The molecule has 1 aromatic carbocycles. The standard InChI is InChI=1S/C21H22N4O3/c26-19(27)21-7-10-28-13-16(21)11-24(14-21)12-17-18(15-5-2-1-3-6-15)23-20-22-8-4-9-25(17)20/h1-6,8-9,16H,7,10-14H2,(H,26,27)/t16-,21+/m1/s1. The second-order valence-electron chi connectivity index (χ2n) is 7.72. The minimum atomic E-state index is -0.704. The lowest BCUT2D eigenvalue weighted by molar-refractivity contribution is -0.157. The Morgan fingerprint density at radius 1 is 1.29 bits per heavy atom. The monoisotopic (exact) mass is 378 g/mol. The number of likely N-dealkylation sites (tertiary alicyclic amines) is 1. The Kier molecular flexibility index (Phi) is 4.14. The summed E-state index contributed by atoms with van der Waals surface area (Å²) in [6.07, 6.45) is 4.28. The van der Waals surface area contributed by atoms with Crippen LogP contribution in [-0.4, -0.2) is 56.6 Å². The minimum absolute atomic E-state index is 0.0243. The van der Waals surface area contributed by atoms with Crippen LogP contribution >= 0.6 is 0 Å². The number of carbonyl (C=O) groups is 1. The van der Waals surface area contributed by atoms with Crippen LogP contribution in [0.1, 0.15) is 12.1 Å². The molecule has 0 unspecified atom stereocenters. The number of carboxylic acid groups (broad SMARTS) is 1. The van der Waals surface area contributed by atoms with Gasteiger partial charge in [-0.05, 0) is 12.5 Å². The van der Waals surface area contributed by atoms with E-state index < -0.39 is 11.4 Å². The van der Waals surface area contributed by atoms with Crippen molar-refractivity contribution in [1.29, 1.82) is 0 Å². The molecule has 0 aliphatic carbocycles. The van der Waals surface area contributed by atoms with Gasteiger partial charge in [-0.15, -0.1) is 0 Å². The molecule has 7 heteroatoms. The van der Waals surface area contributed by atoms with Gasteiger partial charge in [0, 0.05) is 50.1 Å². The molecule has 0 spiro atoms. The van der Waals surface area contributed by atoms with Gasteiger partial charge in [-0.2, -0.15) is 0 Å². The molecule has 3 aromatic rings. The smallest absolute Gasteiger partial charge is 0.311 e. The number of fused-ring (bicyclic) bond motifs is 2. The first-order chi connectivity index (χ1) is 13.7. The van der Waals surface area contributed by atoms with Crippen molar-refractivity contribution in [3.05, 3.63) is 54.5 Å². The molecule has 2 aliphatic heterocycles. The zero-order chi connectivity index (χ0) is 19.1. The third-order valence-corrected chi connectivity index (χ3v) is 6.13. The molecule has 5 rings (SSSR count). The molecule has 7 nitrogen and oxygen atoms in total. The van der Waals surface area contributed by atoms with Gasteiger partial charge in [0.1, 0.15) is 0 Å². The first kappa shape index (κ1) is 17.3. The maximum absolute atomic E-state index is 12.1. The van der Waals surface area contributed by atoms with Gasteiger partial charge >= 0.3 is 5.97 Å². The van der Waals surface area contributed by atoms with Crippen LogP contribution in [0.25, 0.3) is 17.0 Å². The van der Waals surface area contributed by atoms with E-state index in [0.29, 0.717) is 45.0 Å². The summed E-state index contributed by atoms with van der Waals surface area (Å²) >= 11 is 0. The van der Waals surface area contributed by atoms with E-state index in [1.54, 1.807) is 6.20 Å². The summed E-state index contributed by atoms with van der Waals surface area (Å²) in [4.78, 5) is 23.5. The normalized spacial score (nSPS) is 25.1. The van der Waals surface area contributed by atoms with Crippen LogP contribution in [0, 0.1) is 11.3 Å². The van der Waals surface area contributed by atoms with Crippen LogP contribution < -0.4 is 0 Å². The summed E-state index contributed by atoms with van der Waals surface area (Å²) < 4.78 is 7.60. The fraction of sp³-hybridized carbons (Fsp3) is 0.381. The molecule has 2 aromatic heterocycles. The topological polar surface area (TPSA) is 80.0 Å². The second kappa shape index (κ2) is 6.68. The summed E-state index contributed by atoms with van der Waals surface area (Å²) in [5.41, 5.74) is 2.27. The predicted molar refractivity (Wildman–Crippen MR) is 103 cm³/mol. The van der Waals surface area contributed by atoms with Gasteiger partial charge in [0.05, 0.1) is 23.4 Å². The van der Waals surface area contributed by atoms with Crippen molar-refractivity contribution < 1.29 is 14.6 Å². The van der Waals surface area contributed by atoms with Gasteiger partial charge < -0.3 is 9.84 Å². The molecule has 0 bridgehead atoms. The van der Waals surface area contributed by atoms with Gasteiger partial charge in [-0.1, -0.05) is 30.3 Å². The zero-order valence-electron chi connectivity index (χ0n) is 15.5. The molecule has 28 heavy (non-hydrogen) atoms. The first-order valence-electron chi connectivity index (χ1n) is 9.58. The Morgan fingerprint density at radius 3 is 2.93 bits per heavy atom. The molecule has 2 saturated heterocycles. The van der Waals surface area contributed by atoms with Crippen molar-refractivity contribution in [2.75, 3.05) is 26.3 Å². The maximum atomic E-state index is 12.1. The van der Waals surface area contributed by atoms with Crippen LogP contribution in [0.4, 0.5) is 0 Å². The summed E-state index contributed by atoms with van der Waals surface area (Å²) in [5, 5.41) is 9.94. The Morgan fingerprint density at radius 2 is 2.14 bits per heavy atom. The fourth-order valence-electron chi connectivity index (χ4n) is 4.65. The van der Waals surface area contributed by atoms with Crippen molar-refractivity contribution in [2.24, 2.45) is 11.3 Å². The largest absolute Gasteiger partial charge is 0.481 e. The van der Waals surface area contributed by atoms with E-state index in [-0.39, 0.29) is 5.92 Å². The van der Waals surface area contributed by atoms with Crippen molar-refractivity contribution in [1.82, 2.24) is 19.3 Å². The highest BCUT2D eigenvalue weighted by atomic mass is 16.5. The Hall–Kier alpha value is -2.77. The number of benzene rings is 1. The number of imidazole rings is 1. The number of aromatic nitrogens is 3. The van der Waals surface area contributed by atoms with E-state index >= 15 is 0 Å². The molecule has 144 valence electrons. The van der Waals surface area contributed by atoms with E-state index in [9.17, 15) is 9.90 Å². The van der Waals surface area contributed by atoms with Crippen LogP contribution in [0.15, 0.2) is 48.8 Å². The molecule has 2 atom stereocenters. The van der Waals surface area contributed by atoms with Crippen LogP contribution in [0.2, 0.25) is 0 Å². The highest BCUT2D eigenvalue weighted by Gasteiger charge is 2.53. The second-order valence-corrected chi connectivity index (χ2v) is 7.72. The van der Waals surface area contributed by atoms with E-state index in [1.165, 1.54) is 0 Å². The van der Waals surface area contributed by atoms with Gasteiger partial charge in [0.2, 0.25) is 5.78 Å². The van der Waals surface area contributed by atoms with E-state index in [0.717, 1.165) is 17.0 Å². The SMILES string of the molecule is O=C(O)[C@]12CCOC[C@H]1CN(Cc1c(-c3ccccc3)nc3ncccn13)C2. The van der Waals surface area contributed by atoms with E-state index in [2.05, 4.69) is 9.88 Å². The highest BCUT2D eigenvalue weighted by Crippen LogP contribution is 2.43.